The van der Waals surface area contributed by atoms with Crippen LogP contribution in [0.4, 0.5) is 0 Å². The normalized spacial score (nSPS) is 17.8. The average Bonchev–Trinajstić information content (AvgIpc) is 2.16. The van der Waals surface area contributed by atoms with Gasteiger partial charge in [-0.2, -0.15) is 0 Å². The van der Waals surface area contributed by atoms with Crippen LogP contribution < -0.4 is 5.73 Å². The van der Waals surface area contributed by atoms with Gasteiger partial charge in [-0.05, 0) is 32.2 Å². The van der Waals surface area contributed by atoms with Crippen LogP contribution in [0.3, 0.4) is 0 Å². The maximum atomic E-state index is 9.35. The molecule has 3 atom stereocenters. The summed E-state index contributed by atoms with van der Waals surface area (Å²) in [6.45, 7) is 9.48. The first-order valence-corrected chi connectivity index (χ1v) is 5.98. The number of rotatable bonds is 8. The molecule has 15 heavy (non-hydrogen) atoms. The second-order valence-electron chi connectivity index (χ2n) is 4.76. The molecule has 0 bridgehead atoms. The first kappa shape index (κ1) is 14.9. The molecule has 3 unspecified atom stereocenters. The van der Waals surface area contributed by atoms with Gasteiger partial charge in [0.25, 0.3) is 0 Å². The Morgan fingerprint density at radius 3 is 2.20 bits per heavy atom. The second kappa shape index (κ2) is 8.08. The number of hydrogen-bond acceptors (Lipinski definition) is 3. The van der Waals surface area contributed by atoms with E-state index in [1.165, 1.54) is 0 Å². The van der Waals surface area contributed by atoms with Gasteiger partial charge in [-0.1, -0.05) is 20.8 Å². The fraction of sp³-hybridized carbons (Fsp3) is 1.00. The maximum Gasteiger partial charge on any atom is 0.0598 e. The van der Waals surface area contributed by atoms with Gasteiger partial charge in [0.05, 0.1) is 18.8 Å². The quantitative estimate of drug-likeness (QED) is 0.651. The van der Waals surface area contributed by atoms with Gasteiger partial charge in [0.15, 0.2) is 0 Å². The highest BCUT2D eigenvalue weighted by Gasteiger charge is 2.16. The van der Waals surface area contributed by atoms with E-state index in [9.17, 15) is 5.11 Å². The lowest BCUT2D eigenvalue weighted by Gasteiger charge is -2.24. The summed E-state index contributed by atoms with van der Waals surface area (Å²) in [5, 5.41) is 9.35. The molecule has 0 amide bonds. The molecule has 0 aliphatic carbocycles. The molecule has 0 saturated carbocycles. The number of aliphatic hydroxyl groups is 1. The molecular weight excluding hydrogens is 190 g/mol. The number of nitrogens with two attached hydrogens (primary N) is 1. The maximum absolute atomic E-state index is 9.35. The monoisotopic (exact) mass is 217 g/mol. The van der Waals surface area contributed by atoms with E-state index >= 15 is 0 Å². The van der Waals surface area contributed by atoms with Gasteiger partial charge in [-0.3, -0.25) is 0 Å². The summed E-state index contributed by atoms with van der Waals surface area (Å²) < 4.78 is 5.81. The number of aliphatic hydroxyl groups excluding tert-OH is 1. The first-order valence-electron chi connectivity index (χ1n) is 5.98. The smallest absolute Gasteiger partial charge is 0.0598 e. The molecule has 0 saturated heterocycles. The van der Waals surface area contributed by atoms with E-state index in [1.54, 1.807) is 6.92 Å². The van der Waals surface area contributed by atoms with Crippen molar-refractivity contribution in [2.45, 2.75) is 52.7 Å². The fourth-order valence-electron chi connectivity index (χ4n) is 1.34. The summed E-state index contributed by atoms with van der Waals surface area (Å²) in [6, 6.07) is 0. The van der Waals surface area contributed by atoms with Crippen molar-refractivity contribution in [1.82, 2.24) is 0 Å². The Balaban J connectivity index is 3.85. The van der Waals surface area contributed by atoms with Gasteiger partial charge in [-0.25, -0.2) is 0 Å². The Kier molecular flexibility index (Phi) is 8.02. The van der Waals surface area contributed by atoms with Gasteiger partial charge in [0.1, 0.15) is 0 Å². The van der Waals surface area contributed by atoms with Crippen LogP contribution in [-0.4, -0.2) is 30.5 Å². The predicted molar refractivity (Wildman–Crippen MR) is 63.7 cm³/mol. The van der Waals surface area contributed by atoms with Crippen LogP contribution in [0.15, 0.2) is 0 Å². The van der Waals surface area contributed by atoms with Gasteiger partial charge in [0.2, 0.25) is 0 Å². The highest BCUT2D eigenvalue weighted by atomic mass is 16.5. The summed E-state index contributed by atoms with van der Waals surface area (Å²) >= 11 is 0. The highest BCUT2D eigenvalue weighted by Crippen LogP contribution is 2.15. The number of hydrogen-bond donors (Lipinski definition) is 2. The molecule has 0 aromatic heterocycles. The van der Waals surface area contributed by atoms with Gasteiger partial charge < -0.3 is 15.6 Å². The molecule has 0 heterocycles. The van der Waals surface area contributed by atoms with Crippen molar-refractivity contribution < 1.29 is 9.84 Å². The van der Waals surface area contributed by atoms with Crippen molar-refractivity contribution >= 4 is 0 Å². The molecule has 0 fully saturated rings. The molecule has 0 radical (unpaired) electrons. The van der Waals surface area contributed by atoms with Gasteiger partial charge in [-0.15, -0.1) is 0 Å². The molecule has 3 N–H and O–H groups in total. The van der Waals surface area contributed by atoms with Crippen molar-refractivity contribution in [1.29, 1.82) is 0 Å². The van der Waals surface area contributed by atoms with Crippen LogP contribution in [0.2, 0.25) is 0 Å². The van der Waals surface area contributed by atoms with E-state index in [4.69, 9.17) is 10.5 Å². The summed E-state index contributed by atoms with van der Waals surface area (Å²) in [5.41, 5.74) is 5.49. The largest absolute Gasteiger partial charge is 0.393 e. The van der Waals surface area contributed by atoms with Crippen LogP contribution in [0.25, 0.3) is 0 Å². The molecule has 0 aromatic carbocycles. The standard InChI is InChI=1S/C12H27NO2/c1-9(2)12(6-5-7-13)15-8-10(3)11(4)14/h9-12,14H,5-8,13H2,1-4H3. The van der Waals surface area contributed by atoms with Crippen LogP contribution in [-0.2, 0) is 4.74 Å². The van der Waals surface area contributed by atoms with Crippen molar-refractivity contribution in [3.8, 4) is 0 Å². The molecule has 0 rings (SSSR count). The molecule has 0 spiro atoms. The van der Waals surface area contributed by atoms with E-state index in [2.05, 4.69) is 13.8 Å². The zero-order chi connectivity index (χ0) is 11.8. The van der Waals surface area contributed by atoms with Gasteiger partial charge in [0, 0.05) is 5.92 Å². The van der Waals surface area contributed by atoms with E-state index in [0.29, 0.717) is 12.5 Å². The Bertz CT molecular complexity index is 149. The van der Waals surface area contributed by atoms with Crippen molar-refractivity contribution in [2.75, 3.05) is 13.2 Å². The van der Waals surface area contributed by atoms with E-state index in [-0.39, 0.29) is 18.1 Å². The summed E-state index contributed by atoms with van der Waals surface area (Å²) in [4.78, 5) is 0. The Morgan fingerprint density at radius 1 is 1.20 bits per heavy atom. The summed E-state index contributed by atoms with van der Waals surface area (Å²) in [6.07, 6.45) is 1.99. The van der Waals surface area contributed by atoms with Crippen molar-refractivity contribution in [2.24, 2.45) is 17.6 Å². The minimum absolute atomic E-state index is 0.198. The van der Waals surface area contributed by atoms with Crippen molar-refractivity contribution in [3.63, 3.8) is 0 Å². The lowest BCUT2D eigenvalue weighted by molar-refractivity contribution is -0.0242. The Labute approximate surface area is 94.0 Å². The lowest BCUT2D eigenvalue weighted by Crippen LogP contribution is -2.27. The predicted octanol–water partition coefficient (Wildman–Crippen LogP) is 1.78. The van der Waals surface area contributed by atoms with E-state index < -0.39 is 0 Å². The third-order valence-electron chi connectivity index (χ3n) is 2.83. The fourth-order valence-corrected chi connectivity index (χ4v) is 1.34. The molecule has 0 aromatic rings. The van der Waals surface area contributed by atoms with Crippen LogP contribution in [0, 0.1) is 11.8 Å². The van der Waals surface area contributed by atoms with Crippen LogP contribution in [0.5, 0.6) is 0 Å². The van der Waals surface area contributed by atoms with Crippen LogP contribution >= 0.6 is 0 Å². The zero-order valence-electron chi connectivity index (χ0n) is 10.6. The molecule has 92 valence electrons. The third-order valence-corrected chi connectivity index (χ3v) is 2.83. The average molecular weight is 217 g/mol. The van der Waals surface area contributed by atoms with E-state index in [0.717, 1.165) is 19.4 Å². The minimum Gasteiger partial charge on any atom is -0.393 e. The molecule has 0 aliphatic rings. The molecule has 3 nitrogen and oxygen atoms in total. The Morgan fingerprint density at radius 2 is 1.80 bits per heavy atom. The Hall–Kier alpha value is -0.120. The highest BCUT2D eigenvalue weighted by molar-refractivity contribution is 4.65. The zero-order valence-corrected chi connectivity index (χ0v) is 10.6. The number of ether oxygens (including phenoxy) is 1. The SMILES string of the molecule is CC(C)C(CCCN)OCC(C)C(C)O. The molecule has 3 heteroatoms. The summed E-state index contributed by atoms with van der Waals surface area (Å²) in [5.74, 6) is 0.710. The second-order valence-corrected chi connectivity index (χ2v) is 4.76. The van der Waals surface area contributed by atoms with Crippen molar-refractivity contribution in [3.05, 3.63) is 0 Å². The molecular formula is C12H27NO2. The van der Waals surface area contributed by atoms with E-state index in [1.807, 2.05) is 6.92 Å². The first-order chi connectivity index (χ1) is 6.99. The topological polar surface area (TPSA) is 55.5 Å². The lowest BCUT2D eigenvalue weighted by atomic mass is 10.0. The van der Waals surface area contributed by atoms with Crippen LogP contribution in [0.1, 0.15) is 40.5 Å². The summed E-state index contributed by atoms with van der Waals surface area (Å²) in [7, 11) is 0. The molecule has 0 aliphatic heterocycles. The van der Waals surface area contributed by atoms with Gasteiger partial charge >= 0.3 is 0 Å². The minimum atomic E-state index is -0.299. The third kappa shape index (κ3) is 6.88.